The number of hydrogen-bond donors (Lipinski definition) is 0. The predicted molar refractivity (Wildman–Crippen MR) is 89.0 cm³/mol. The molecule has 0 N–H and O–H groups in total. The molecule has 0 bridgehead atoms. The maximum absolute atomic E-state index is 13.0. The van der Waals surface area contributed by atoms with Gasteiger partial charge in [-0.25, -0.2) is 8.42 Å². The van der Waals surface area contributed by atoms with Crippen LogP contribution in [0.15, 0.2) is 23.1 Å². The van der Waals surface area contributed by atoms with Crippen LogP contribution in [-0.2, 0) is 10.0 Å². The van der Waals surface area contributed by atoms with E-state index in [1.54, 1.807) is 22.5 Å². The van der Waals surface area contributed by atoms with Crippen molar-refractivity contribution in [2.75, 3.05) is 26.2 Å². The van der Waals surface area contributed by atoms with Gasteiger partial charge in [0.1, 0.15) is 4.90 Å². The molecule has 0 radical (unpaired) electrons. The molecule has 2 heterocycles. The highest BCUT2D eigenvalue weighted by molar-refractivity contribution is 7.89. The minimum Gasteiger partial charge on any atom is -0.302 e. The van der Waals surface area contributed by atoms with E-state index in [0.717, 1.165) is 32.5 Å². The van der Waals surface area contributed by atoms with E-state index < -0.39 is 10.0 Å². The lowest BCUT2D eigenvalue weighted by atomic mass is 10.2. The molecule has 1 aromatic rings. The van der Waals surface area contributed by atoms with Gasteiger partial charge < -0.3 is 4.90 Å². The third-order valence-corrected chi connectivity index (χ3v) is 7.38. The van der Waals surface area contributed by atoms with Crippen LogP contribution in [0.1, 0.15) is 25.7 Å². The minimum atomic E-state index is -3.65. The summed E-state index contributed by atoms with van der Waals surface area (Å²) in [4.78, 5) is 2.40. The summed E-state index contributed by atoms with van der Waals surface area (Å²) in [7, 11) is -3.65. The summed E-state index contributed by atoms with van der Waals surface area (Å²) in [6.45, 7) is 3.48. The minimum absolute atomic E-state index is 0.0236. The van der Waals surface area contributed by atoms with Crippen LogP contribution in [0, 0.1) is 0 Å². The van der Waals surface area contributed by atoms with Crippen molar-refractivity contribution in [2.24, 2.45) is 0 Å². The van der Waals surface area contributed by atoms with E-state index in [-0.39, 0.29) is 21.0 Å². The SMILES string of the molecule is O=S(=O)(c1c(Cl)cccc1Cl)N1CCCC1CN1CCCC1. The first-order valence-corrected chi connectivity index (χ1v) is 9.88. The maximum Gasteiger partial charge on any atom is 0.246 e. The summed E-state index contributed by atoms with van der Waals surface area (Å²) in [6.07, 6.45) is 4.20. The Bertz CT molecular complexity index is 625. The van der Waals surface area contributed by atoms with E-state index in [1.165, 1.54) is 12.8 Å². The number of halogens is 2. The van der Waals surface area contributed by atoms with E-state index >= 15 is 0 Å². The van der Waals surface area contributed by atoms with Gasteiger partial charge in [0.25, 0.3) is 0 Å². The van der Waals surface area contributed by atoms with E-state index in [1.807, 2.05) is 0 Å². The first-order valence-electron chi connectivity index (χ1n) is 7.68. The number of sulfonamides is 1. The Labute approximate surface area is 142 Å². The molecule has 7 heteroatoms. The highest BCUT2D eigenvalue weighted by Crippen LogP contribution is 2.35. The third kappa shape index (κ3) is 3.15. The fraction of sp³-hybridized carbons (Fsp3) is 0.600. The molecule has 0 amide bonds. The molecule has 1 atom stereocenters. The zero-order valence-corrected chi connectivity index (χ0v) is 14.7. The van der Waals surface area contributed by atoms with Gasteiger partial charge in [-0.3, -0.25) is 0 Å². The van der Waals surface area contributed by atoms with E-state index in [0.29, 0.717) is 6.54 Å². The molecule has 1 aromatic carbocycles. The molecule has 3 rings (SSSR count). The molecule has 4 nitrogen and oxygen atoms in total. The second kappa shape index (κ2) is 6.65. The zero-order valence-electron chi connectivity index (χ0n) is 12.3. The summed E-state index contributed by atoms with van der Waals surface area (Å²) in [6, 6.07) is 4.84. The number of nitrogens with zero attached hydrogens (tertiary/aromatic N) is 2. The fourth-order valence-corrected chi connectivity index (χ4v) is 6.20. The predicted octanol–water partition coefficient (Wildman–Crippen LogP) is 3.24. The van der Waals surface area contributed by atoms with E-state index in [2.05, 4.69) is 4.90 Å². The summed E-state index contributed by atoms with van der Waals surface area (Å²) in [5, 5.41) is 0.388. The first kappa shape index (κ1) is 16.5. The van der Waals surface area contributed by atoms with Gasteiger partial charge in [-0.2, -0.15) is 4.31 Å². The van der Waals surface area contributed by atoms with Crippen molar-refractivity contribution >= 4 is 33.2 Å². The van der Waals surface area contributed by atoms with E-state index in [4.69, 9.17) is 23.2 Å². The van der Waals surface area contributed by atoms with Crippen LogP contribution >= 0.6 is 23.2 Å². The molecule has 1 unspecified atom stereocenters. The van der Waals surface area contributed by atoms with Gasteiger partial charge in [-0.1, -0.05) is 29.3 Å². The highest BCUT2D eigenvalue weighted by Gasteiger charge is 2.38. The van der Waals surface area contributed by atoms with Crippen LogP contribution in [-0.4, -0.2) is 49.8 Å². The van der Waals surface area contributed by atoms with Gasteiger partial charge >= 0.3 is 0 Å². The number of rotatable bonds is 4. The molecule has 0 aliphatic carbocycles. The maximum atomic E-state index is 13.0. The Kier molecular flexibility index (Phi) is 5.00. The topological polar surface area (TPSA) is 40.6 Å². The van der Waals surface area contributed by atoms with Gasteiger partial charge in [0.05, 0.1) is 10.0 Å². The van der Waals surface area contributed by atoms with Gasteiger partial charge in [-0.15, -0.1) is 0 Å². The summed E-state index contributed by atoms with van der Waals surface area (Å²) >= 11 is 12.2. The normalized spacial score (nSPS) is 24.2. The summed E-state index contributed by atoms with van der Waals surface area (Å²) in [5.41, 5.74) is 0. The Balaban J connectivity index is 1.87. The van der Waals surface area contributed by atoms with Crippen molar-refractivity contribution in [1.29, 1.82) is 0 Å². The van der Waals surface area contributed by atoms with Crippen molar-refractivity contribution in [1.82, 2.24) is 9.21 Å². The van der Waals surface area contributed by atoms with Gasteiger partial charge in [0.2, 0.25) is 10.0 Å². The van der Waals surface area contributed by atoms with Crippen molar-refractivity contribution in [3.63, 3.8) is 0 Å². The summed E-state index contributed by atoms with van der Waals surface area (Å²) in [5.74, 6) is 0. The van der Waals surface area contributed by atoms with Gasteiger partial charge in [0, 0.05) is 19.1 Å². The fourth-order valence-electron chi connectivity index (χ4n) is 3.42. The molecular weight excluding hydrogens is 343 g/mol. The second-order valence-electron chi connectivity index (χ2n) is 5.97. The molecule has 0 spiro atoms. The third-order valence-electron chi connectivity index (χ3n) is 4.48. The Morgan fingerprint density at radius 2 is 1.68 bits per heavy atom. The Morgan fingerprint density at radius 1 is 1.05 bits per heavy atom. The van der Waals surface area contributed by atoms with Crippen LogP contribution in [0.5, 0.6) is 0 Å². The number of hydrogen-bond acceptors (Lipinski definition) is 3. The molecule has 0 aromatic heterocycles. The zero-order chi connectivity index (χ0) is 15.7. The Morgan fingerprint density at radius 3 is 2.32 bits per heavy atom. The quantitative estimate of drug-likeness (QED) is 0.825. The van der Waals surface area contributed by atoms with Crippen LogP contribution < -0.4 is 0 Å². The molecule has 122 valence electrons. The molecule has 22 heavy (non-hydrogen) atoms. The monoisotopic (exact) mass is 362 g/mol. The standard InChI is InChI=1S/C15H20Cl2N2O2S/c16-13-6-3-7-14(17)15(13)22(20,21)19-10-4-5-12(19)11-18-8-1-2-9-18/h3,6-7,12H,1-2,4-5,8-11H2. The second-order valence-corrected chi connectivity index (χ2v) is 8.61. The largest absolute Gasteiger partial charge is 0.302 e. The van der Waals surface area contributed by atoms with Crippen molar-refractivity contribution in [3.8, 4) is 0 Å². The molecule has 2 aliphatic rings. The first-order chi connectivity index (χ1) is 10.5. The van der Waals surface area contributed by atoms with Gasteiger partial charge in [-0.05, 0) is 50.9 Å². The van der Waals surface area contributed by atoms with Crippen LogP contribution in [0.25, 0.3) is 0 Å². The lowest BCUT2D eigenvalue weighted by Crippen LogP contribution is -2.42. The lowest BCUT2D eigenvalue weighted by Gasteiger charge is -2.28. The molecule has 2 saturated heterocycles. The van der Waals surface area contributed by atoms with Gasteiger partial charge in [0.15, 0.2) is 0 Å². The smallest absolute Gasteiger partial charge is 0.246 e. The molecule has 2 fully saturated rings. The number of likely N-dealkylation sites (tertiary alicyclic amines) is 1. The van der Waals surface area contributed by atoms with Crippen LogP contribution in [0.2, 0.25) is 10.0 Å². The highest BCUT2D eigenvalue weighted by atomic mass is 35.5. The summed E-state index contributed by atoms with van der Waals surface area (Å²) < 4.78 is 27.6. The van der Waals surface area contributed by atoms with Crippen molar-refractivity contribution in [2.45, 2.75) is 36.6 Å². The van der Waals surface area contributed by atoms with E-state index in [9.17, 15) is 8.42 Å². The van der Waals surface area contributed by atoms with Crippen LogP contribution in [0.4, 0.5) is 0 Å². The average molecular weight is 363 g/mol. The molecule has 2 aliphatic heterocycles. The van der Waals surface area contributed by atoms with Crippen molar-refractivity contribution < 1.29 is 8.42 Å². The molecular formula is C15H20Cl2N2O2S. The lowest BCUT2D eigenvalue weighted by molar-refractivity contribution is 0.257. The van der Waals surface area contributed by atoms with Crippen LogP contribution in [0.3, 0.4) is 0 Å². The molecule has 0 saturated carbocycles. The Hall–Kier alpha value is -0.330. The average Bonchev–Trinajstić information content (AvgIpc) is 3.10. The van der Waals surface area contributed by atoms with Crippen molar-refractivity contribution in [3.05, 3.63) is 28.2 Å². The number of benzene rings is 1.